The molecule has 1 aromatic carbocycles. The first-order valence-electron chi connectivity index (χ1n) is 5.74. The van der Waals surface area contributed by atoms with Gasteiger partial charge < -0.3 is 5.73 Å². The second-order valence-corrected chi connectivity index (χ2v) is 6.94. The Morgan fingerprint density at radius 2 is 1.53 bits per heavy atom. The summed E-state index contributed by atoms with van der Waals surface area (Å²) in [5, 5.41) is 0. The van der Waals surface area contributed by atoms with Gasteiger partial charge in [-0.25, -0.2) is 0 Å². The molecule has 0 radical (unpaired) electrons. The van der Waals surface area contributed by atoms with Gasteiger partial charge in [0.15, 0.2) is 0 Å². The standard InChI is InChI=1S/C13H19NS3/c1-15-10-7-9(13(14)5-4-6-13)8-11(16-2)12(10)17-3/h7-8H,4-6,14H2,1-3H3. The zero-order valence-corrected chi connectivity index (χ0v) is 13.0. The minimum Gasteiger partial charge on any atom is -0.321 e. The van der Waals surface area contributed by atoms with Crippen LogP contribution >= 0.6 is 35.3 Å². The molecule has 1 aliphatic carbocycles. The highest BCUT2D eigenvalue weighted by molar-refractivity contribution is 8.03. The molecule has 0 bridgehead atoms. The van der Waals surface area contributed by atoms with Crippen molar-refractivity contribution in [3.8, 4) is 0 Å². The lowest BCUT2D eigenvalue weighted by atomic mass is 9.73. The highest BCUT2D eigenvalue weighted by Crippen LogP contribution is 2.44. The molecule has 1 fully saturated rings. The zero-order valence-electron chi connectivity index (χ0n) is 10.6. The Bertz CT molecular complexity index is 388. The predicted octanol–water partition coefficient (Wildman–Crippen LogP) is 4.19. The van der Waals surface area contributed by atoms with Crippen LogP contribution in [-0.4, -0.2) is 18.8 Å². The maximum Gasteiger partial charge on any atom is 0.0410 e. The van der Waals surface area contributed by atoms with Crippen LogP contribution in [0.3, 0.4) is 0 Å². The van der Waals surface area contributed by atoms with Crippen LogP contribution in [0.2, 0.25) is 0 Å². The first-order valence-corrected chi connectivity index (χ1v) is 9.41. The van der Waals surface area contributed by atoms with Gasteiger partial charge in [-0.2, -0.15) is 0 Å². The molecule has 0 heterocycles. The minimum atomic E-state index is -0.0497. The van der Waals surface area contributed by atoms with Crippen molar-refractivity contribution < 1.29 is 0 Å². The average Bonchev–Trinajstić information content (AvgIpc) is 2.33. The van der Waals surface area contributed by atoms with Crippen LogP contribution in [-0.2, 0) is 5.54 Å². The van der Waals surface area contributed by atoms with Crippen molar-refractivity contribution in [2.45, 2.75) is 39.5 Å². The molecule has 0 spiro atoms. The van der Waals surface area contributed by atoms with Crippen LogP contribution in [0.15, 0.2) is 26.8 Å². The Labute approximate surface area is 117 Å². The fourth-order valence-electron chi connectivity index (χ4n) is 2.21. The molecule has 0 amide bonds. The summed E-state index contributed by atoms with van der Waals surface area (Å²) in [7, 11) is 0. The number of thioether (sulfide) groups is 3. The van der Waals surface area contributed by atoms with E-state index in [1.807, 2.05) is 35.3 Å². The van der Waals surface area contributed by atoms with E-state index >= 15 is 0 Å². The zero-order chi connectivity index (χ0) is 12.5. The van der Waals surface area contributed by atoms with Crippen LogP contribution in [0.1, 0.15) is 24.8 Å². The molecule has 0 atom stereocenters. The number of hydrogen-bond donors (Lipinski definition) is 1. The van der Waals surface area contributed by atoms with Crippen molar-refractivity contribution in [2.75, 3.05) is 18.8 Å². The maximum absolute atomic E-state index is 6.44. The van der Waals surface area contributed by atoms with Gasteiger partial charge in [-0.15, -0.1) is 35.3 Å². The Hall–Kier alpha value is 0.230. The third-order valence-corrected chi connectivity index (χ3v) is 6.12. The fourth-order valence-corrected chi connectivity index (χ4v) is 4.88. The Morgan fingerprint density at radius 1 is 1.00 bits per heavy atom. The summed E-state index contributed by atoms with van der Waals surface area (Å²) in [4.78, 5) is 4.14. The van der Waals surface area contributed by atoms with E-state index in [-0.39, 0.29) is 5.54 Å². The van der Waals surface area contributed by atoms with E-state index in [4.69, 9.17) is 5.73 Å². The second-order valence-electron chi connectivity index (χ2n) is 4.42. The molecule has 0 aromatic heterocycles. The van der Waals surface area contributed by atoms with Gasteiger partial charge in [-0.3, -0.25) is 0 Å². The lowest BCUT2D eigenvalue weighted by molar-refractivity contribution is 0.252. The van der Waals surface area contributed by atoms with E-state index in [0.717, 1.165) is 12.8 Å². The van der Waals surface area contributed by atoms with E-state index in [1.165, 1.54) is 26.7 Å². The molecule has 0 aliphatic heterocycles. The fraction of sp³-hybridized carbons (Fsp3) is 0.538. The monoisotopic (exact) mass is 285 g/mol. The lowest BCUT2D eigenvalue weighted by Gasteiger charge is -2.39. The highest BCUT2D eigenvalue weighted by Gasteiger charge is 2.35. The van der Waals surface area contributed by atoms with Gasteiger partial charge in [0.25, 0.3) is 0 Å². The molecule has 0 unspecified atom stereocenters. The summed E-state index contributed by atoms with van der Waals surface area (Å²) in [6.07, 6.45) is 9.97. The molecule has 4 heteroatoms. The summed E-state index contributed by atoms with van der Waals surface area (Å²) in [5.41, 5.74) is 7.72. The number of rotatable bonds is 4. The van der Waals surface area contributed by atoms with E-state index in [1.54, 1.807) is 0 Å². The van der Waals surface area contributed by atoms with Crippen LogP contribution in [0.25, 0.3) is 0 Å². The van der Waals surface area contributed by atoms with Gasteiger partial charge in [0.2, 0.25) is 0 Å². The summed E-state index contributed by atoms with van der Waals surface area (Å²) >= 11 is 5.48. The molecule has 2 rings (SSSR count). The molecule has 17 heavy (non-hydrogen) atoms. The van der Waals surface area contributed by atoms with Crippen LogP contribution in [0.4, 0.5) is 0 Å². The molecule has 1 saturated carbocycles. The van der Waals surface area contributed by atoms with Crippen molar-refractivity contribution in [3.63, 3.8) is 0 Å². The van der Waals surface area contributed by atoms with Crippen LogP contribution < -0.4 is 5.73 Å². The Kier molecular flexibility index (Phi) is 4.40. The van der Waals surface area contributed by atoms with Gasteiger partial charge in [0.05, 0.1) is 0 Å². The van der Waals surface area contributed by atoms with Crippen molar-refractivity contribution in [2.24, 2.45) is 5.73 Å². The van der Waals surface area contributed by atoms with E-state index < -0.39 is 0 Å². The van der Waals surface area contributed by atoms with Crippen molar-refractivity contribution in [1.29, 1.82) is 0 Å². The van der Waals surface area contributed by atoms with Crippen molar-refractivity contribution in [3.05, 3.63) is 17.7 Å². The molecule has 94 valence electrons. The SMILES string of the molecule is CSc1cc(C2(N)CCC2)cc(SC)c1SC. The van der Waals surface area contributed by atoms with E-state index in [9.17, 15) is 0 Å². The smallest absolute Gasteiger partial charge is 0.0410 e. The average molecular weight is 286 g/mol. The number of hydrogen-bond acceptors (Lipinski definition) is 4. The molecule has 2 N–H and O–H groups in total. The van der Waals surface area contributed by atoms with Gasteiger partial charge in [-0.1, -0.05) is 0 Å². The topological polar surface area (TPSA) is 26.0 Å². The molecular formula is C13H19NS3. The minimum absolute atomic E-state index is 0.0497. The molecular weight excluding hydrogens is 266 g/mol. The number of benzene rings is 1. The van der Waals surface area contributed by atoms with E-state index in [0.29, 0.717) is 0 Å². The van der Waals surface area contributed by atoms with E-state index in [2.05, 4.69) is 30.9 Å². The first kappa shape index (κ1) is 13.7. The lowest BCUT2D eigenvalue weighted by Crippen LogP contribution is -2.43. The van der Waals surface area contributed by atoms with Gasteiger partial charge in [0, 0.05) is 20.2 Å². The van der Waals surface area contributed by atoms with Crippen LogP contribution in [0, 0.1) is 0 Å². The molecule has 1 aromatic rings. The first-order chi connectivity index (χ1) is 8.14. The van der Waals surface area contributed by atoms with Gasteiger partial charge in [0.1, 0.15) is 0 Å². The quantitative estimate of drug-likeness (QED) is 0.839. The largest absolute Gasteiger partial charge is 0.321 e. The predicted molar refractivity (Wildman–Crippen MR) is 81.5 cm³/mol. The molecule has 0 saturated heterocycles. The third kappa shape index (κ3) is 2.50. The molecule has 1 aliphatic rings. The summed E-state index contributed by atoms with van der Waals surface area (Å²) in [6, 6.07) is 4.60. The summed E-state index contributed by atoms with van der Waals surface area (Å²) in [6.45, 7) is 0. The van der Waals surface area contributed by atoms with Gasteiger partial charge in [-0.05, 0) is 55.7 Å². The Balaban J connectivity index is 2.48. The maximum atomic E-state index is 6.44. The number of nitrogens with two attached hydrogens (primary N) is 1. The second kappa shape index (κ2) is 5.47. The van der Waals surface area contributed by atoms with Crippen LogP contribution in [0.5, 0.6) is 0 Å². The van der Waals surface area contributed by atoms with Gasteiger partial charge >= 0.3 is 0 Å². The van der Waals surface area contributed by atoms with Crippen molar-refractivity contribution in [1.82, 2.24) is 0 Å². The Morgan fingerprint density at radius 3 is 1.82 bits per heavy atom. The summed E-state index contributed by atoms with van der Waals surface area (Å²) < 4.78 is 0. The third-order valence-electron chi connectivity index (χ3n) is 3.49. The highest BCUT2D eigenvalue weighted by atomic mass is 32.2. The molecule has 1 nitrogen and oxygen atoms in total. The summed E-state index contributed by atoms with van der Waals surface area (Å²) in [5.74, 6) is 0. The normalized spacial score (nSPS) is 17.9. The van der Waals surface area contributed by atoms with Crippen molar-refractivity contribution >= 4 is 35.3 Å².